The van der Waals surface area contributed by atoms with E-state index >= 15 is 0 Å². The first-order valence-electron chi connectivity index (χ1n) is 9.22. The number of amidine groups is 1. The molecule has 0 spiro atoms. The summed E-state index contributed by atoms with van der Waals surface area (Å²) in [4.78, 5) is 12.6. The number of aliphatic hydroxyl groups is 1. The first-order valence-corrected chi connectivity index (χ1v) is 10.2. The minimum Gasteiger partial charge on any atom is -0.497 e. The smallest absolute Gasteiger partial charge is 0.316 e. The number of nitro benzene ring substituents is 1. The van der Waals surface area contributed by atoms with E-state index in [-0.39, 0.29) is 12.2 Å². The molecule has 0 aliphatic carbocycles. The van der Waals surface area contributed by atoms with Gasteiger partial charge in [0.1, 0.15) is 5.75 Å². The summed E-state index contributed by atoms with van der Waals surface area (Å²) in [6.45, 7) is 0.968. The zero-order valence-electron chi connectivity index (χ0n) is 16.2. The Hall–Kier alpha value is -2.78. The minimum atomic E-state index is -1.30. The maximum absolute atomic E-state index is 11.7. The average Bonchev–Trinajstić information content (AvgIpc) is 3.07. The molecular formula is C20H22N3O5S+. The number of anilines is 1. The molecule has 8 nitrogen and oxygen atoms in total. The van der Waals surface area contributed by atoms with Crippen molar-refractivity contribution in [2.45, 2.75) is 12.1 Å². The van der Waals surface area contributed by atoms with Crippen molar-refractivity contribution in [3.05, 3.63) is 58.1 Å². The fourth-order valence-electron chi connectivity index (χ4n) is 3.79. The maximum atomic E-state index is 11.7. The van der Waals surface area contributed by atoms with Gasteiger partial charge in [-0.3, -0.25) is 10.1 Å². The lowest BCUT2D eigenvalue weighted by atomic mass is 10.0. The van der Waals surface area contributed by atoms with Crippen molar-refractivity contribution in [2.24, 2.45) is 0 Å². The van der Waals surface area contributed by atoms with Gasteiger partial charge in [-0.1, -0.05) is 0 Å². The Kier molecular flexibility index (Phi) is 5.10. The molecule has 2 heterocycles. The van der Waals surface area contributed by atoms with Gasteiger partial charge in [0.05, 0.1) is 25.7 Å². The van der Waals surface area contributed by atoms with E-state index < -0.39 is 10.6 Å². The lowest BCUT2D eigenvalue weighted by molar-refractivity contribution is -0.656. The highest BCUT2D eigenvalue weighted by atomic mass is 32.2. The molecule has 2 aromatic rings. The maximum Gasteiger partial charge on any atom is 0.316 e. The Morgan fingerprint density at radius 3 is 2.62 bits per heavy atom. The summed E-state index contributed by atoms with van der Waals surface area (Å²) in [6, 6.07) is 11.7. The van der Waals surface area contributed by atoms with Crippen molar-refractivity contribution < 1.29 is 24.1 Å². The summed E-state index contributed by atoms with van der Waals surface area (Å²) in [6.07, 6.45) is 0.937. The van der Waals surface area contributed by atoms with E-state index in [0.29, 0.717) is 23.6 Å². The first kappa shape index (κ1) is 19.5. The number of nitro groups is 1. The third-order valence-corrected chi connectivity index (χ3v) is 6.45. The Balaban J connectivity index is 1.80. The Labute approximate surface area is 172 Å². The molecule has 29 heavy (non-hydrogen) atoms. The van der Waals surface area contributed by atoms with Gasteiger partial charge in [0, 0.05) is 29.5 Å². The summed E-state index contributed by atoms with van der Waals surface area (Å²) >= 11 is 1.68. The van der Waals surface area contributed by atoms with Crippen molar-refractivity contribution in [3.8, 4) is 11.5 Å². The van der Waals surface area contributed by atoms with Crippen LogP contribution < -0.4 is 14.4 Å². The molecular weight excluding hydrogens is 394 g/mol. The van der Waals surface area contributed by atoms with Crippen LogP contribution in [0, 0.1) is 10.1 Å². The molecule has 0 saturated carbocycles. The second-order valence-electron chi connectivity index (χ2n) is 6.88. The van der Waals surface area contributed by atoms with Crippen LogP contribution in [0.3, 0.4) is 0 Å². The number of benzene rings is 2. The molecule has 0 amide bonds. The Morgan fingerprint density at radius 2 is 1.97 bits per heavy atom. The highest BCUT2D eigenvalue weighted by Crippen LogP contribution is 2.42. The third kappa shape index (κ3) is 3.30. The number of hydrogen-bond donors (Lipinski definition) is 1. The summed E-state index contributed by atoms with van der Waals surface area (Å²) in [7, 11) is 3.22. The molecule has 1 N–H and O–H groups in total. The zero-order chi connectivity index (χ0) is 20.6. The number of rotatable bonds is 5. The van der Waals surface area contributed by atoms with Crippen molar-refractivity contribution in [3.63, 3.8) is 0 Å². The van der Waals surface area contributed by atoms with Crippen LogP contribution in [0.5, 0.6) is 11.5 Å². The normalized spacial score (nSPS) is 21.1. The highest BCUT2D eigenvalue weighted by Gasteiger charge is 2.54. The second-order valence-corrected chi connectivity index (χ2v) is 7.94. The molecule has 0 aromatic heterocycles. The van der Waals surface area contributed by atoms with Crippen LogP contribution in [0.15, 0.2) is 42.5 Å². The predicted octanol–water partition coefficient (Wildman–Crippen LogP) is 2.78. The molecule has 1 atom stereocenters. The van der Waals surface area contributed by atoms with E-state index in [4.69, 9.17) is 9.47 Å². The van der Waals surface area contributed by atoms with Crippen molar-refractivity contribution in [1.29, 1.82) is 0 Å². The number of methoxy groups -OCH3 is 2. The van der Waals surface area contributed by atoms with Gasteiger partial charge in [0.15, 0.2) is 18.0 Å². The van der Waals surface area contributed by atoms with Crippen LogP contribution in [0.1, 0.15) is 12.0 Å². The summed E-state index contributed by atoms with van der Waals surface area (Å²) < 4.78 is 12.9. The highest BCUT2D eigenvalue weighted by molar-refractivity contribution is 8.13. The molecule has 0 bridgehead atoms. The molecule has 0 saturated heterocycles. The van der Waals surface area contributed by atoms with E-state index in [0.717, 1.165) is 23.0 Å². The summed E-state index contributed by atoms with van der Waals surface area (Å²) in [5.41, 5.74) is 0.122. The number of β-amino-alcohol motifs (C(OH)–C–C–N with tert-alkyl or cyclic N) is 1. The van der Waals surface area contributed by atoms with E-state index in [1.165, 1.54) is 12.1 Å². The minimum absolute atomic E-state index is 0.00103. The van der Waals surface area contributed by atoms with Crippen LogP contribution in [-0.4, -0.2) is 52.8 Å². The van der Waals surface area contributed by atoms with Crippen LogP contribution in [0.2, 0.25) is 0 Å². The van der Waals surface area contributed by atoms with Gasteiger partial charge in [-0.15, -0.1) is 0 Å². The van der Waals surface area contributed by atoms with Gasteiger partial charge < -0.3 is 14.6 Å². The summed E-state index contributed by atoms with van der Waals surface area (Å²) in [5.74, 6) is 2.32. The molecule has 2 aliphatic heterocycles. The fourth-order valence-corrected chi connectivity index (χ4v) is 4.97. The third-order valence-electron chi connectivity index (χ3n) is 5.26. The van der Waals surface area contributed by atoms with Crippen molar-refractivity contribution >= 4 is 28.3 Å². The standard InChI is InChI=1S/C20H22N3O5S/c1-27-16-8-9-18(28-2)17(12-16)21-13-20(24,22-10-3-11-29-19(21)22)14-4-6-15(7-5-14)23(25)26/h4-9,12,24H,3,10-11,13H2,1-2H3/q+1. The lowest BCUT2D eigenvalue weighted by Crippen LogP contribution is -2.41. The van der Waals surface area contributed by atoms with Gasteiger partial charge >= 0.3 is 5.17 Å². The van der Waals surface area contributed by atoms with Gasteiger partial charge in [-0.2, -0.15) is 0 Å². The van der Waals surface area contributed by atoms with Crippen molar-refractivity contribution in [1.82, 2.24) is 0 Å². The molecule has 4 rings (SSSR count). The Morgan fingerprint density at radius 1 is 1.21 bits per heavy atom. The van der Waals surface area contributed by atoms with E-state index in [1.807, 2.05) is 27.7 Å². The van der Waals surface area contributed by atoms with Crippen LogP contribution in [0.4, 0.5) is 11.4 Å². The van der Waals surface area contributed by atoms with Crippen LogP contribution in [0.25, 0.3) is 0 Å². The molecule has 152 valence electrons. The molecule has 0 radical (unpaired) electrons. The fraction of sp³-hybridized carbons (Fsp3) is 0.350. The monoisotopic (exact) mass is 416 g/mol. The summed E-state index contributed by atoms with van der Waals surface area (Å²) in [5, 5.41) is 23.7. The number of hydrogen-bond acceptors (Lipinski definition) is 7. The largest absolute Gasteiger partial charge is 0.497 e. The SMILES string of the molecule is COc1ccc(OC)c(N2CC(O)(c3ccc([N+](=O)[O-])cc3)[N+]3=C2SCCC3)c1. The number of non-ortho nitro benzene ring substituents is 1. The second kappa shape index (κ2) is 7.57. The molecule has 2 aromatic carbocycles. The van der Waals surface area contributed by atoms with E-state index in [9.17, 15) is 15.2 Å². The number of ether oxygens (including phenoxy) is 2. The Bertz CT molecular complexity index is 979. The molecule has 9 heteroatoms. The van der Waals surface area contributed by atoms with Crippen LogP contribution >= 0.6 is 11.8 Å². The molecule has 2 aliphatic rings. The number of thioether (sulfide) groups is 1. The van der Waals surface area contributed by atoms with Gasteiger partial charge in [0.2, 0.25) is 0 Å². The number of nitrogens with zero attached hydrogens (tertiary/aromatic N) is 3. The topological polar surface area (TPSA) is 88.1 Å². The predicted molar refractivity (Wildman–Crippen MR) is 111 cm³/mol. The lowest BCUT2D eigenvalue weighted by Gasteiger charge is -2.24. The van der Waals surface area contributed by atoms with E-state index in [1.54, 1.807) is 38.1 Å². The molecule has 1 unspecified atom stereocenters. The zero-order valence-corrected chi connectivity index (χ0v) is 17.0. The van der Waals surface area contributed by atoms with Gasteiger partial charge in [0.25, 0.3) is 11.4 Å². The first-order chi connectivity index (χ1) is 14.0. The van der Waals surface area contributed by atoms with Gasteiger partial charge in [-0.25, -0.2) is 9.48 Å². The van der Waals surface area contributed by atoms with Crippen LogP contribution in [-0.2, 0) is 5.72 Å². The molecule has 0 fully saturated rings. The van der Waals surface area contributed by atoms with E-state index in [2.05, 4.69) is 0 Å². The van der Waals surface area contributed by atoms with Crippen molar-refractivity contribution in [2.75, 3.05) is 38.0 Å². The van der Waals surface area contributed by atoms with Gasteiger partial charge in [-0.05, 0) is 42.4 Å². The quantitative estimate of drug-likeness (QED) is 0.455. The average molecular weight is 416 g/mol.